The first-order valence-corrected chi connectivity index (χ1v) is 7.08. The van der Waals surface area contributed by atoms with Crippen LogP contribution in [-0.2, 0) is 13.0 Å². The SMILES string of the molecule is S=c1[nH]c2cc(Br)cnc2n1CCc1ccccn1. The van der Waals surface area contributed by atoms with E-state index in [0.717, 1.165) is 34.3 Å². The Kier molecular flexibility index (Phi) is 3.44. The summed E-state index contributed by atoms with van der Waals surface area (Å²) in [4.78, 5) is 11.9. The molecule has 0 aliphatic rings. The van der Waals surface area contributed by atoms with Crippen molar-refractivity contribution in [2.24, 2.45) is 0 Å². The average molecular weight is 335 g/mol. The molecule has 4 nitrogen and oxygen atoms in total. The van der Waals surface area contributed by atoms with Crippen LogP contribution in [0.1, 0.15) is 5.69 Å². The molecule has 0 aliphatic carbocycles. The highest BCUT2D eigenvalue weighted by Gasteiger charge is 2.06. The van der Waals surface area contributed by atoms with E-state index in [1.165, 1.54) is 0 Å². The number of aromatic amines is 1. The minimum absolute atomic E-state index is 0.691. The lowest BCUT2D eigenvalue weighted by molar-refractivity contribution is 0.689. The maximum Gasteiger partial charge on any atom is 0.179 e. The molecule has 19 heavy (non-hydrogen) atoms. The number of imidazole rings is 1. The molecular formula is C13H11BrN4S. The van der Waals surface area contributed by atoms with Gasteiger partial charge in [-0.05, 0) is 46.3 Å². The molecule has 0 fully saturated rings. The minimum Gasteiger partial charge on any atom is -0.329 e. The fourth-order valence-corrected chi connectivity index (χ4v) is 2.62. The van der Waals surface area contributed by atoms with E-state index >= 15 is 0 Å². The first-order chi connectivity index (χ1) is 9.24. The number of nitrogens with zero attached hydrogens (tertiary/aromatic N) is 3. The Morgan fingerprint density at radius 3 is 3.00 bits per heavy atom. The largest absolute Gasteiger partial charge is 0.329 e. The van der Waals surface area contributed by atoms with E-state index in [1.807, 2.05) is 28.8 Å². The first-order valence-electron chi connectivity index (χ1n) is 5.88. The van der Waals surface area contributed by atoms with Crippen LogP contribution in [0.3, 0.4) is 0 Å². The lowest BCUT2D eigenvalue weighted by Crippen LogP contribution is -2.03. The molecule has 0 spiro atoms. The van der Waals surface area contributed by atoms with Gasteiger partial charge >= 0.3 is 0 Å². The first kappa shape index (κ1) is 12.5. The third-order valence-electron chi connectivity index (χ3n) is 2.89. The van der Waals surface area contributed by atoms with E-state index in [9.17, 15) is 0 Å². The quantitative estimate of drug-likeness (QED) is 0.745. The Hall–Kier alpha value is -1.53. The second kappa shape index (κ2) is 5.22. The number of fused-ring (bicyclic) bond motifs is 1. The zero-order valence-corrected chi connectivity index (χ0v) is 12.4. The summed E-state index contributed by atoms with van der Waals surface area (Å²) in [6.45, 7) is 0.768. The van der Waals surface area contributed by atoms with Gasteiger partial charge in [-0.25, -0.2) is 4.98 Å². The van der Waals surface area contributed by atoms with Gasteiger partial charge in [0.05, 0.1) is 5.52 Å². The van der Waals surface area contributed by atoms with Crippen LogP contribution in [0.2, 0.25) is 0 Å². The molecule has 0 unspecified atom stereocenters. The minimum atomic E-state index is 0.691. The van der Waals surface area contributed by atoms with Crippen molar-refractivity contribution in [2.75, 3.05) is 0 Å². The molecular weight excluding hydrogens is 324 g/mol. The highest BCUT2D eigenvalue weighted by Crippen LogP contribution is 2.17. The van der Waals surface area contributed by atoms with E-state index < -0.39 is 0 Å². The standard InChI is InChI=1S/C13H11BrN4S/c14-9-7-11-12(16-8-9)18(13(19)17-11)6-4-10-3-1-2-5-15-10/h1-3,5,7-8H,4,6H2,(H,17,19). The molecule has 3 aromatic rings. The van der Waals surface area contributed by atoms with Gasteiger partial charge in [-0.2, -0.15) is 0 Å². The summed E-state index contributed by atoms with van der Waals surface area (Å²) < 4.78 is 3.64. The summed E-state index contributed by atoms with van der Waals surface area (Å²) in [6, 6.07) is 7.91. The molecule has 0 saturated heterocycles. The zero-order valence-electron chi connectivity index (χ0n) is 10.0. The Labute approximate surface area is 123 Å². The molecule has 1 N–H and O–H groups in total. The van der Waals surface area contributed by atoms with Crippen molar-refractivity contribution < 1.29 is 0 Å². The summed E-state index contributed by atoms with van der Waals surface area (Å²) in [5.41, 5.74) is 2.88. The van der Waals surface area contributed by atoms with Crippen LogP contribution in [-0.4, -0.2) is 19.5 Å². The lowest BCUT2D eigenvalue weighted by atomic mass is 10.3. The summed E-state index contributed by atoms with van der Waals surface area (Å²) >= 11 is 8.75. The normalized spacial score (nSPS) is 11.0. The van der Waals surface area contributed by atoms with Gasteiger partial charge in [0.25, 0.3) is 0 Å². The van der Waals surface area contributed by atoms with Gasteiger partial charge in [-0.3, -0.25) is 4.98 Å². The van der Waals surface area contributed by atoms with Gasteiger partial charge in [-0.15, -0.1) is 0 Å². The number of H-pyrrole nitrogens is 1. The summed E-state index contributed by atoms with van der Waals surface area (Å²) in [5, 5.41) is 0. The molecule has 0 saturated carbocycles. The average Bonchev–Trinajstić information content (AvgIpc) is 2.72. The second-order valence-electron chi connectivity index (χ2n) is 4.18. The van der Waals surface area contributed by atoms with Crippen molar-refractivity contribution in [2.45, 2.75) is 13.0 Å². The van der Waals surface area contributed by atoms with E-state index in [2.05, 4.69) is 30.9 Å². The van der Waals surface area contributed by atoms with Gasteiger partial charge in [0.15, 0.2) is 10.4 Å². The molecule has 0 radical (unpaired) electrons. The second-order valence-corrected chi connectivity index (χ2v) is 5.48. The number of rotatable bonds is 3. The van der Waals surface area contributed by atoms with E-state index in [-0.39, 0.29) is 0 Å². The number of halogens is 1. The van der Waals surface area contributed by atoms with Crippen LogP contribution < -0.4 is 0 Å². The van der Waals surface area contributed by atoms with Crippen LogP contribution in [0.15, 0.2) is 41.1 Å². The maximum absolute atomic E-state index is 5.34. The van der Waals surface area contributed by atoms with Crippen LogP contribution >= 0.6 is 28.1 Å². The maximum atomic E-state index is 5.34. The van der Waals surface area contributed by atoms with Crippen molar-refractivity contribution >= 4 is 39.3 Å². The predicted octanol–water partition coefficient (Wildman–Crippen LogP) is 3.49. The Bertz CT molecular complexity index is 763. The monoisotopic (exact) mass is 334 g/mol. The fraction of sp³-hybridized carbons (Fsp3) is 0.154. The van der Waals surface area contributed by atoms with Crippen molar-refractivity contribution in [1.29, 1.82) is 0 Å². The van der Waals surface area contributed by atoms with E-state index in [0.29, 0.717) is 4.77 Å². The molecule has 0 aromatic carbocycles. The molecule has 3 rings (SSSR count). The van der Waals surface area contributed by atoms with Crippen molar-refractivity contribution in [3.63, 3.8) is 0 Å². The number of hydrogen-bond donors (Lipinski definition) is 1. The van der Waals surface area contributed by atoms with Crippen LogP contribution in [0.5, 0.6) is 0 Å². The number of hydrogen-bond acceptors (Lipinski definition) is 3. The molecule has 3 aromatic heterocycles. The smallest absolute Gasteiger partial charge is 0.179 e. The highest BCUT2D eigenvalue weighted by atomic mass is 79.9. The Morgan fingerprint density at radius 2 is 2.21 bits per heavy atom. The van der Waals surface area contributed by atoms with E-state index in [4.69, 9.17) is 12.2 Å². The van der Waals surface area contributed by atoms with Crippen molar-refractivity contribution in [1.82, 2.24) is 19.5 Å². The van der Waals surface area contributed by atoms with Crippen molar-refractivity contribution in [3.8, 4) is 0 Å². The number of nitrogens with one attached hydrogen (secondary N) is 1. The van der Waals surface area contributed by atoms with Gasteiger partial charge in [0, 0.05) is 35.5 Å². The number of pyridine rings is 2. The molecule has 0 amide bonds. The molecule has 6 heteroatoms. The lowest BCUT2D eigenvalue weighted by Gasteiger charge is -2.03. The third kappa shape index (κ3) is 2.59. The topological polar surface area (TPSA) is 46.5 Å². The van der Waals surface area contributed by atoms with E-state index in [1.54, 1.807) is 12.4 Å². The summed E-state index contributed by atoms with van der Waals surface area (Å²) in [5.74, 6) is 0. The molecule has 96 valence electrons. The van der Waals surface area contributed by atoms with Crippen LogP contribution in [0, 0.1) is 4.77 Å². The molecule has 0 atom stereocenters. The van der Waals surface area contributed by atoms with Gasteiger partial charge < -0.3 is 9.55 Å². The zero-order chi connectivity index (χ0) is 13.2. The molecule has 0 aliphatic heterocycles. The van der Waals surface area contributed by atoms with Gasteiger partial charge in [0.2, 0.25) is 0 Å². The molecule has 3 heterocycles. The van der Waals surface area contributed by atoms with Crippen LogP contribution in [0.25, 0.3) is 11.2 Å². The number of aromatic nitrogens is 4. The Balaban J connectivity index is 1.93. The van der Waals surface area contributed by atoms with Crippen LogP contribution in [0.4, 0.5) is 0 Å². The summed E-state index contributed by atoms with van der Waals surface area (Å²) in [6.07, 6.45) is 4.42. The van der Waals surface area contributed by atoms with Gasteiger partial charge in [0.1, 0.15) is 0 Å². The highest BCUT2D eigenvalue weighted by molar-refractivity contribution is 9.10. The fourth-order valence-electron chi connectivity index (χ4n) is 2.00. The van der Waals surface area contributed by atoms with Crippen molar-refractivity contribution in [3.05, 3.63) is 51.6 Å². The third-order valence-corrected chi connectivity index (χ3v) is 3.65. The Morgan fingerprint density at radius 1 is 1.32 bits per heavy atom. The predicted molar refractivity (Wildman–Crippen MR) is 80.6 cm³/mol. The number of aryl methyl sites for hydroxylation is 2. The summed E-state index contributed by atoms with van der Waals surface area (Å²) in [7, 11) is 0. The van der Waals surface area contributed by atoms with Gasteiger partial charge in [-0.1, -0.05) is 6.07 Å². The molecule has 0 bridgehead atoms.